The summed E-state index contributed by atoms with van der Waals surface area (Å²) in [6, 6.07) is 9.40. The van der Waals surface area contributed by atoms with Gasteiger partial charge in [0, 0.05) is 31.4 Å². The molecule has 0 spiro atoms. The summed E-state index contributed by atoms with van der Waals surface area (Å²) in [5.74, 6) is 4.86. The van der Waals surface area contributed by atoms with E-state index in [1.165, 1.54) is 47.9 Å². The smallest absolute Gasteiger partial charge is 0.161 e. The summed E-state index contributed by atoms with van der Waals surface area (Å²) in [4.78, 5) is 5.24. The minimum absolute atomic E-state index is 0.223. The number of ether oxygens (including phenoxy) is 4. The summed E-state index contributed by atoms with van der Waals surface area (Å²) in [6.45, 7) is 9.98. The molecule has 4 rings (SSSR count). The first-order valence-electron chi connectivity index (χ1n) is 16.6. The van der Waals surface area contributed by atoms with Gasteiger partial charge in [-0.25, -0.2) is 0 Å². The fourth-order valence-electron chi connectivity index (χ4n) is 7.07. The minimum Gasteiger partial charge on any atom is -0.493 e. The van der Waals surface area contributed by atoms with E-state index in [1.54, 1.807) is 28.4 Å². The van der Waals surface area contributed by atoms with Gasteiger partial charge in [-0.2, -0.15) is 0 Å². The highest BCUT2D eigenvalue weighted by Gasteiger charge is 2.35. The van der Waals surface area contributed by atoms with Crippen molar-refractivity contribution in [1.82, 2.24) is 9.80 Å². The molecule has 0 bridgehead atoms. The second-order valence-electron chi connectivity index (χ2n) is 12.1. The Balaban J connectivity index is 1.58. The molecule has 2 aliphatic rings. The lowest BCUT2D eigenvalue weighted by molar-refractivity contribution is 0.132. The van der Waals surface area contributed by atoms with Crippen molar-refractivity contribution < 1.29 is 18.9 Å². The van der Waals surface area contributed by atoms with Crippen LogP contribution in [0.2, 0.25) is 0 Å². The lowest BCUT2D eigenvalue weighted by Gasteiger charge is -2.43. The molecule has 3 atom stereocenters. The molecule has 6 nitrogen and oxygen atoms in total. The summed E-state index contributed by atoms with van der Waals surface area (Å²) < 4.78 is 23.8. The molecule has 0 fully saturated rings. The number of methoxy groups -OCH3 is 4. The molecule has 0 aromatic heterocycles. The average molecular weight is 643 g/mol. The van der Waals surface area contributed by atoms with E-state index in [-0.39, 0.29) is 6.04 Å². The molecular weight excluding hydrogens is 589 g/mol. The molecule has 2 aliphatic heterocycles. The monoisotopic (exact) mass is 642 g/mol. The Morgan fingerprint density at radius 1 is 0.795 bits per heavy atom. The van der Waals surface area contributed by atoms with Crippen LogP contribution in [0.4, 0.5) is 0 Å². The van der Waals surface area contributed by atoms with Gasteiger partial charge in [-0.1, -0.05) is 70.4 Å². The molecule has 44 heavy (non-hydrogen) atoms. The van der Waals surface area contributed by atoms with Gasteiger partial charge in [-0.05, 0) is 84.5 Å². The van der Waals surface area contributed by atoms with E-state index in [2.05, 4.69) is 54.8 Å². The third-order valence-corrected chi connectivity index (χ3v) is 11.1. The maximum atomic E-state index is 6.14. The second-order valence-corrected chi connectivity index (χ2v) is 13.9. The maximum absolute atomic E-state index is 6.14. The van der Waals surface area contributed by atoms with Crippen molar-refractivity contribution in [1.29, 1.82) is 0 Å². The van der Waals surface area contributed by atoms with Gasteiger partial charge in [0.1, 0.15) is 4.32 Å². The van der Waals surface area contributed by atoms with Crippen molar-refractivity contribution in [3.8, 4) is 23.0 Å². The molecule has 8 heteroatoms. The van der Waals surface area contributed by atoms with Crippen molar-refractivity contribution in [2.75, 3.05) is 53.8 Å². The van der Waals surface area contributed by atoms with Gasteiger partial charge < -0.3 is 23.8 Å². The van der Waals surface area contributed by atoms with Crippen molar-refractivity contribution in [2.24, 2.45) is 5.92 Å². The van der Waals surface area contributed by atoms with E-state index < -0.39 is 0 Å². The molecule has 2 aromatic rings. The molecule has 0 amide bonds. The zero-order valence-corrected chi connectivity index (χ0v) is 29.7. The predicted octanol–water partition coefficient (Wildman–Crippen LogP) is 8.64. The number of fused-ring (bicyclic) bond motifs is 2. The number of unbranched alkanes of at least 4 members (excludes halogenated alkanes) is 3. The van der Waals surface area contributed by atoms with Crippen molar-refractivity contribution in [3.05, 3.63) is 46.5 Å². The first-order valence-corrected chi connectivity index (χ1v) is 18.0. The highest BCUT2D eigenvalue weighted by atomic mass is 32.2. The van der Waals surface area contributed by atoms with E-state index in [4.69, 9.17) is 31.2 Å². The van der Waals surface area contributed by atoms with Crippen LogP contribution in [0.25, 0.3) is 0 Å². The highest BCUT2D eigenvalue weighted by Crippen LogP contribution is 2.44. The lowest BCUT2D eigenvalue weighted by atomic mass is 9.84. The van der Waals surface area contributed by atoms with E-state index in [9.17, 15) is 0 Å². The van der Waals surface area contributed by atoms with Gasteiger partial charge in [0.05, 0.1) is 34.5 Å². The molecule has 0 aliphatic carbocycles. The van der Waals surface area contributed by atoms with E-state index in [1.807, 2.05) is 11.8 Å². The maximum Gasteiger partial charge on any atom is 0.161 e. The second kappa shape index (κ2) is 17.0. The molecule has 0 N–H and O–H groups in total. The Kier molecular flexibility index (Phi) is 13.4. The van der Waals surface area contributed by atoms with Crippen LogP contribution in [0, 0.1) is 5.92 Å². The third kappa shape index (κ3) is 7.97. The van der Waals surface area contributed by atoms with Gasteiger partial charge >= 0.3 is 0 Å². The summed E-state index contributed by atoms with van der Waals surface area (Å²) in [7, 11) is 6.90. The number of benzene rings is 2. The predicted molar refractivity (Wildman–Crippen MR) is 188 cm³/mol. The third-order valence-electron chi connectivity index (χ3n) is 9.59. The molecule has 0 radical (unpaired) electrons. The number of rotatable bonds is 15. The fraction of sp³-hybridized carbons (Fsp3) is 0.639. The first kappa shape index (κ1) is 34.7. The summed E-state index contributed by atoms with van der Waals surface area (Å²) >= 11 is 8.02. The summed E-state index contributed by atoms with van der Waals surface area (Å²) in [5.41, 5.74) is 5.46. The number of hydrogen-bond acceptors (Lipinski definition) is 7. The Hall–Kier alpha value is -2.16. The molecule has 3 unspecified atom stereocenters. The van der Waals surface area contributed by atoms with Crippen molar-refractivity contribution in [3.63, 3.8) is 0 Å². The van der Waals surface area contributed by atoms with Gasteiger partial charge in [0.25, 0.3) is 0 Å². The van der Waals surface area contributed by atoms with Crippen LogP contribution in [0.15, 0.2) is 24.3 Å². The number of hydrogen-bond donors (Lipinski definition) is 0. The number of thioether (sulfide) groups is 1. The normalized spacial score (nSPS) is 18.8. The molecule has 0 saturated heterocycles. The largest absolute Gasteiger partial charge is 0.493 e. The topological polar surface area (TPSA) is 43.4 Å². The molecule has 0 saturated carbocycles. The van der Waals surface area contributed by atoms with Gasteiger partial charge in [-0.3, -0.25) is 4.90 Å². The first-order chi connectivity index (χ1) is 21.4. The molecule has 2 aromatic carbocycles. The van der Waals surface area contributed by atoms with Crippen LogP contribution >= 0.6 is 24.0 Å². The van der Waals surface area contributed by atoms with Crippen LogP contribution in [-0.2, 0) is 12.8 Å². The van der Waals surface area contributed by atoms with Gasteiger partial charge in [0.2, 0.25) is 0 Å². The molecule has 2 heterocycles. The SMILES string of the molecule is CCCCCCSC(=S)N1CCc2cc(OC)c(OC)cc2C1CC(CC)CN1CCc2cc(OC)c(OC)cc2C1CC. The van der Waals surface area contributed by atoms with E-state index in [0.29, 0.717) is 12.0 Å². The fourth-order valence-corrected chi connectivity index (χ4v) is 8.44. The Bertz CT molecular complexity index is 1240. The van der Waals surface area contributed by atoms with Crippen LogP contribution in [0.5, 0.6) is 23.0 Å². The number of nitrogens with zero attached hydrogens (tertiary/aromatic N) is 2. The zero-order chi connectivity index (χ0) is 31.6. The molecule has 244 valence electrons. The lowest BCUT2D eigenvalue weighted by Crippen LogP contribution is -2.42. The Morgan fingerprint density at radius 3 is 1.91 bits per heavy atom. The summed E-state index contributed by atoms with van der Waals surface area (Å²) in [6.07, 6.45) is 10.3. The van der Waals surface area contributed by atoms with Crippen LogP contribution in [0.1, 0.15) is 100 Å². The summed E-state index contributed by atoms with van der Waals surface area (Å²) in [5, 5.41) is 0. The highest BCUT2D eigenvalue weighted by molar-refractivity contribution is 8.22. The standard InChI is InChI=1S/C36H54N2O4S2/c1-8-11-12-13-18-44-36(43)38-17-15-27-21-33(40-5)35(42-7)23-29(27)31(38)19-25(9-2)24-37-16-14-26-20-32(39-4)34(41-6)22-28(26)30(37)10-3/h20-23,25,30-31H,8-19,24H2,1-7H3. The minimum atomic E-state index is 0.223. The zero-order valence-electron chi connectivity index (χ0n) is 28.1. The van der Waals surface area contributed by atoms with Gasteiger partial charge in [-0.15, -0.1) is 0 Å². The van der Waals surface area contributed by atoms with Crippen molar-refractivity contribution in [2.45, 2.75) is 90.6 Å². The average Bonchev–Trinajstić information content (AvgIpc) is 3.06. The van der Waals surface area contributed by atoms with E-state index >= 15 is 0 Å². The van der Waals surface area contributed by atoms with Gasteiger partial charge in [0.15, 0.2) is 23.0 Å². The van der Waals surface area contributed by atoms with E-state index in [0.717, 1.165) is 84.8 Å². The van der Waals surface area contributed by atoms with Crippen molar-refractivity contribution >= 4 is 28.3 Å². The Morgan fingerprint density at radius 2 is 1.36 bits per heavy atom. The van der Waals surface area contributed by atoms with Crippen LogP contribution < -0.4 is 18.9 Å². The van der Waals surface area contributed by atoms with Crippen LogP contribution in [-0.4, -0.2) is 67.9 Å². The quantitative estimate of drug-likeness (QED) is 0.141. The van der Waals surface area contributed by atoms with Crippen LogP contribution in [0.3, 0.4) is 0 Å². The molecular formula is C36H54N2O4S2. The Labute approximate surface area is 276 Å². The number of thiocarbonyl (C=S) groups is 1.